The van der Waals surface area contributed by atoms with E-state index in [-0.39, 0.29) is 6.04 Å². The Morgan fingerprint density at radius 2 is 2.08 bits per heavy atom. The summed E-state index contributed by atoms with van der Waals surface area (Å²) < 4.78 is 39.0. The molecule has 2 heterocycles. The van der Waals surface area contributed by atoms with Crippen LogP contribution in [0.2, 0.25) is 0 Å². The summed E-state index contributed by atoms with van der Waals surface area (Å²) in [5, 5.41) is 7.44. The molecule has 1 aromatic heterocycles. The van der Waals surface area contributed by atoms with Gasteiger partial charge in [0, 0.05) is 25.7 Å². The summed E-state index contributed by atoms with van der Waals surface area (Å²) in [6, 6.07) is 8.20. The third-order valence-corrected chi connectivity index (χ3v) is 4.07. The van der Waals surface area contributed by atoms with Crippen LogP contribution >= 0.6 is 0 Å². The van der Waals surface area contributed by atoms with Crippen LogP contribution < -0.4 is 5.32 Å². The molecule has 8 heteroatoms. The number of hydrogen-bond donors (Lipinski definition) is 1. The van der Waals surface area contributed by atoms with Crippen molar-refractivity contribution in [1.29, 1.82) is 0 Å². The predicted molar refractivity (Wildman–Crippen MR) is 83.3 cm³/mol. The van der Waals surface area contributed by atoms with Gasteiger partial charge < -0.3 is 5.32 Å². The van der Waals surface area contributed by atoms with Gasteiger partial charge in [0.15, 0.2) is 0 Å². The maximum atomic E-state index is 12.4. The van der Waals surface area contributed by atoms with E-state index in [1.807, 2.05) is 18.2 Å². The average Bonchev–Trinajstić information content (AvgIpc) is 3.16. The first-order valence-corrected chi connectivity index (χ1v) is 7.91. The smallest absolute Gasteiger partial charge is 0.309 e. The van der Waals surface area contributed by atoms with Crippen LogP contribution in [0.15, 0.2) is 36.9 Å². The van der Waals surface area contributed by atoms with Crippen LogP contribution in [0.4, 0.5) is 13.2 Å². The number of alkyl halides is 3. The molecule has 1 saturated heterocycles. The Bertz CT molecular complexity index is 641. The molecule has 0 radical (unpaired) electrons. The first-order valence-electron chi connectivity index (χ1n) is 7.91. The quantitative estimate of drug-likeness (QED) is 0.875. The lowest BCUT2D eigenvalue weighted by Gasteiger charge is -2.18. The molecule has 1 fully saturated rings. The largest absolute Gasteiger partial charge is 0.401 e. The fourth-order valence-electron chi connectivity index (χ4n) is 3.00. The van der Waals surface area contributed by atoms with E-state index in [0.717, 1.165) is 17.5 Å². The van der Waals surface area contributed by atoms with Crippen LogP contribution in [0.25, 0.3) is 0 Å². The summed E-state index contributed by atoms with van der Waals surface area (Å²) in [4.78, 5) is 5.37. The van der Waals surface area contributed by atoms with Gasteiger partial charge in [-0.25, -0.2) is 9.67 Å². The van der Waals surface area contributed by atoms with Gasteiger partial charge in [0.25, 0.3) is 0 Å². The third-order valence-electron chi connectivity index (χ3n) is 4.07. The van der Waals surface area contributed by atoms with E-state index >= 15 is 0 Å². The SMILES string of the molecule is FC(F)(F)CN1CC[C@@H](NCc2cccc(Cn3cncn3)c2)C1. The molecule has 1 aliphatic rings. The summed E-state index contributed by atoms with van der Waals surface area (Å²) in [5.74, 6) is 0. The van der Waals surface area contributed by atoms with E-state index in [2.05, 4.69) is 21.5 Å². The van der Waals surface area contributed by atoms with E-state index < -0.39 is 12.7 Å². The van der Waals surface area contributed by atoms with E-state index in [1.54, 1.807) is 11.0 Å². The van der Waals surface area contributed by atoms with Gasteiger partial charge in [0.1, 0.15) is 12.7 Å². The minimum absolute atomic E-state index is 0.103. The average molecular weight is 339 g/mol. The van der Waals surface area contributed by atoms with Crippen molar-refractivity contribution in [2.45, 2.75) is 31.7 Å². The zero-order chi connectivity index (χ0) is 17.0. The lowest BCUT2D eigenvalue weighted by Crippen LogP contribution is -2.36. The van der Waals surface area contributed by atoms with Crippen molar-refractivity contribution in [1.82, 2.24) is 25.0 Å². The number of likely N-dealkylation sites (tertiary alicyclic amines) is 1. The molecule has 0 amide bonds. The van der Waals surface area contributed by atoms with Crippen molar-refractivity contribution >= 4 is 0 Å². The Morgan fingerprint density at radius 3 is 2.83 bits per heavy atom. The van der Waals surface area contributed by atoms with Crippen molar-refractivity contribution in [2.24, 2.45) is 0 Å². The summed E-state index contributed by atoms with van der Waals surface area (Å²) in [5.41, 5.74) is 2.23. The van der Waals surface area contributed by atoms with Gasteiger partial charge in [0.05, 0.1) is 13.1 Å². The van der Waals surface area contributed by atoms with E-state index in [4.69, 9.17) is 0 Å². The minimum Gasteiger partial charge on any atom is -0.309 e. The topological polar surface area (TPSA) is 46.0 Å². The molecule has 2 aromatic rings. The van der Waals surface area contributed by atoms with Gasteiger partial charge in [-0.15, -0.1) is 0 Å². The second kappa shape index (κ2) is 7.31. The molecule has 0 spiro atoms. The number of nitrogens with zero attached hydrogens (tertiary/aromatic N) is 4. The van der Waals surface area contributed by atoms with Crippen LogP contribution in [0.1, 0.15) is 17.5 Å². The van der Waals surface area contributed by atoms with Gasteiger partial charge in [-0.2, -0.15) is 18.3 Å². The maximum absolute atomic E-state index is 12.4. The second-order valence-electron chi connectivity index (χ2n) is 6.13. The van der Waals surface area contributed by atoms with E-state index in [0.29, 0.717) is 26.2 Å². The van der Waals surface area contributed by atoms with E-state index in [9.17, 15) is 13.2 Å². The van der Waals surface area contributed by atoms with Crippen LogP contribution in [0, 0.1) is 0 Å². The Kier molecular flexibility index (Phi) is 5.15. The maximum Gasteiger partial charge on any atom is 0.401 e. The number of nitrogens with one attached hydrogen (secondary N) is 1. The molecule has 1 aliphatic heterocycles. The first kappa shape index (κ1) is 16.9. The zero-order valence-corrected chi connectivity index (χ0v) is 13.2. The zero-order valence-electron chi connectivity index (χ0n) is 13.2. The monoisotopic (exact) mass is 339 g/mol. The Hall–Kier alpha value is -1.93. The first-order chi connectivity index (χ1) is 11.5. The van der Waals surface area contributed by atoms with Crippen LogP contribution in [-0.2, 0) is 13.1 Å². The van der Waals surface area contributed by atoms with Gasteiger partial charge in [-0.05, 0) is 17.5 Å². The summed E-state index contributed by atoms with van der Waals surface area (Å²) in [7, 11) is 0. The molecule has 0 saturated carbocycles. The molecular weight excluding hydrogens is 319 g/mol. The molecule has 24 heavy (non-hydrogen) atoms. The third kappa shape index (κ3) is 5.04. The molecule has 1 N–H and O–H groups in total. The van der Waals surface area contributed by atoms with Crippen LogP contribution in [0.3, 0.4) is 0 Å². The fraction of sp³-hybridized carbons (Fsp3) is 0.500. The Morgan fingerprint density at radius 1 is 1.25 bits per heavy atom. The summed E-state index contributed by atoms with van der Waals surface area (Å²) in [6.45, 7) is 1.41. The second-order valence-corrected chi connectivity index (χ2v) is 6.13. The molecule has 3 rings (SSSR count). The normalized spacial score (nSPS) is 19.0. The highest BCUT2D eigenvalue weighted by molar-refractivity contribution is 5.23. The Balaban J connectivity index is 1.48. The molecule has 130 valence electrons. The minimum atomic E-state index is -4.12. The van der Waals surface area contributed by atoms with Gasteiger partial charge in [-0.3, -0.25) is 4.90 Å². The van der Waals surface area contributed by atoms with Gasteiger partial charge in [-0.1, -0.05) is 24.3 Å². The molecule has 1 aromatic carbocycles. The number of rotatable bonds is 6. The van der Waals surface area contributed by atoms with Gasteiger partial charge >= 0.3 is 6.18 Å². The van der Waals surface area contributed by atoms with E-state index in [1.165, 1.54) is 11.2 Å². The van der Waals surface area contributed by atoms with Crippen molar-refractivity contribution in [3.05, 3.63) is 48.0 Å². The van der Waals surface area contributed by atoms with Crippen molar-refractivity contribution in [3.63, 3.8) is 0 Å². The van der Waals surface area contributed by atoms with Crippen molar-refractivity contribution < 1.29 is 13.2 Å². The highest BCUT2D eigenvalue weighted by Gasteiger charge is 2.34. The number of benzene rings is 1. The van der Waals surface area contributed by atoms with Crippen LogP contribution in [0.5, 0.6) is 0 Å². The molecule has 5 nitrogen and oxygen atoms in total. The molecule has 0 aliphatic carbocycles. The predicted octanol–water partition coefficient (Wildman–Crippen LogP) is 2.05. The summed E-state index contributed by atoms with van der Waals surface area (Å²) >= 11 is 0. The van der Waals surface area contributed by atoms with Crippen molar-refractivity contribution in [3.8, 4) is 0 Å². The molecule has 0 unspecified atom stereocenters. The number of aromatic nitrogens is 3. The van der Waals surface area contributed by atoms with Crippen molar-refractivity contribution in [2.75, 3.05) is 19.6 Å². The lowest BCUT2D eigenvalue weighted by molar-refractivity contribution is -0.143. The Labute approximate surface area is 138 Å². The highest BCUT2D eigenvalue weighted by atomic mass is 19.4. The number of hydrogen-bond acceptors (Lipinski definition) is 4. The summed E-state index contributed by atoms with van der Waals surface area (Å²) in [6.07, 6.45) is -0.212. The number of halogens is 3. The van der Waals surface area contributed by atoms with Gasteiger partial charge in [0.2, 0.25) is 0 Å². The standard InChI is InChI=1S/C16H20F3N5/c17-16(18,19)10-23-5-4-15(9-23)21-7-13-2-1-3-14(6-13)8-24-12-20-11-22-24/h1-3,6,11-12,15,21H,4-5,7-10H2/t15-/m1/s1. The molecule has 1 atom stereocenters. The van der Waals surface area contributed by atoms with Crippen LogP contribution in [-0.4, -0.2) is 51.5 Å². The fourth-order valence-corrected chi connectivity index (χ4v) is 3.00. The molecular formula is C16H20F3N5. The lowest BCUT2D eigenvalue weighted by atomic mass is 10.1. The molecule has 0 bridgehead atoms. The highest BCUT2D eigenvalue weighted by Crippen LogP contribution is 2.20.